The first-order valence-corrected chi connectivity index (χ1v) is 7.67. The molecule has 1 fully saturated rings. The Kier molecular flexibility index (Phi) is 3.30. The zero-order chi connectivity index (χ0) is 13.5. The van der Waals surface area contributed by atoms with Crippen molar-refractivity contribution in [2.75, 3.05) is 13.6 Å². The Balaban J connectivity index is 2.03. The number of benzene rings is 1. The van der Waals surface area contributed by atoms with Gasteiger partial charge in [-0.15, -0.1) is 0 Å². The summed E-state index contributed by atoms with van der Waals surface area (Å²) in [4.78, 5) is 2.53. The lowest BCUT2D eigenvalue weighted by Gasteiger charge is -2.50. The van der Waals surface area contributed by atoms with Crippen LogP contribution in [0.25, 0.3) is 0 Å². The molecule has 104 valence electrons. The maximum atomic E-state index is 9.87. The van der Waals surface area contributed by atoms with Crippen molar-refractivity contribution in [3.05, 3.63) is 29.3 Å². The number of likely N-dealkylation sites (tertiary alicyclic amines) is 1. The molecular weight excluding hydrogens is 234 g/mol. The predicted octanol–water partition coefficient (Wildman–Crippen LogP) is 3.47. The molecule has 2 atom stereocenters. The van der Waals surface area contributed by atoms with Gasteiger partial charge in [0.05, 0.1) is 0 Å². The molecule has 1 aliphatic heterocycles. The Morgan fingerprint density at radius 2 is 2.26 bits per heavy atom. The zero-order valence-corrected chi connectivity index (χ0v) is 12.2. The number of fused-ring (bicyclic) bond motifs is 4. The van der Waals surface area contributed by atoms with Crippen LogP contribution >= 0.6 is 0 Å². The third-order valence-corrected chi connectivity index (χ3v) is 5.32. The molecular formula is C17H25NO. The van der Waals surface area contributed by atoms with Crippen LogP contribution in [0.1, 0.15) is 50.2 Å². The van der Waals surface area contributed by atoms with Gasteiger partial charge in [0.1, 0.15) is 5.75 Å². The largest absolute Gasteiger partial charge is 0.508 e. The van der Waals surface area contributed by atoms with Crippen LogP contribution in [0.3, 0.4) is 0 Å². The van der Waals surface area contributed by atoms with Crippen LogP contribution in [0.4, 0.5) is 0 Å². The van der Waals surface area contributed by atoms with E-state index in [9.17, 15) is 5.11 Å². The second-order valence-corrected chi connectivity index (χ2v) is 6.52. The van der Waals surface area contributed by atoms with Gasteiger partial charge in [-0.05, 0) is 68.0 Å². The van der Waals surface area contributed by atoms with Gasteiger partial charge in [-0.1, -0.05) is 25.8 Å². The molecule has 19 heavy (non-hydrogen) atoms. The van der Waals surface area contributed by atoms with Crippen molar-refractivity contribution in [1.29, 1.82) is 0 Å². The quantitative estimate of drug-likeness (QED) is 0.898. The summed E-state index contributed by atoms with van der Waals surface area (Å²) in [5.74, 6) is 0.437. The predicted molar refractivity (Wildman–Crippen MR) is 78.7 cm³/mol. The number of rotatable bonds is 3. The second kappa shape index (κ2) is 4.82. The van der Waals surface area contributed by atoms with E-state index in [-0.39, 0.29) is 0 Å². The minimum absolute atomic E-state index is 0.333. The summed E-state index contributed by atoms with van der Waals surface area (Å²) in [6.07, 6.45) is 7.52. The molecule has 2 nitrogen and oxygen atoms in total. The minimum atomic E-state index is 0.333. The highest BCUT2D eigenvalue weighted by atomic mass is 16.3. The molecule has 0 amide bonds. The van der Waals surface area contributed by atoms with Crippen LogP contribution < -0.4 is 0 Å². The maximum absolute atomic E-state index is 9.87. The number of likely N-dealkylation sites (N-methyl/N-ethyl adjacent to an activating group) is 1. The van der Waals surface area contributed by atoms with E-state index in [0.29, 0.717) is 17.2 Å². The lowest BCUT2D eigenvalue weighted by molar-refractivity contribution is 0.0963. The second-order valence-electron chi connectivity index (χ2n) is 6.52. The molecule has 1 saturated heterocycles. The van der Waals surface area contributed by atoms with E-state index < -0.39 is 0 Å². The number of unbranched alkanes of at least 4 members (excludes halogenated alkanes) is 1. The molecule has 1 heterocycles. The van der Waals surface area contributed by atoms with Crippen molar-refractivity contribution in [2.45, 2.75) is 56.9 Å². The zero-order valence-electron chi connectivity index (χ0n) is 12.2. The van der Waals surface area contributed by atoms with Gasteiger partial charge in [0, 0.05) is 6.04 Å². The lowest BCUT2D eigenvalue weighted by Crippen LogP contribution is -2.51. The van der Waals surface area contributed by atoms with Gasteiger partial charge in [0.15, 0.2) is 0 Å². The molecule has 2 heteroatoms. The molecule has 2 bridgehead atoms. The van der Waals surface area contributed by atoms with Gasteiger partial charge in [0.25, 0.3) is 0 Å². The Morgan fingerprint density at radius 1 is 1.42 bits per heavy atom. The topological polar surface area (TPSA) is 23.5 Å². The van der Waals surface area contributed by atoms with Crippen LogP contribution in [0.5, 0.6) is 5.75 Å². The van der Waals surface area contributed by atoms with E-state index in [0.717, 1.165) is 6.42 Å². The summed E-state index contributed by atoms with van der Waals surface area (Å²) in [7, 11) is 2.26. The fourth-order valence-electron chi connectivity index (χ4n) is 4.12. The summed E-state index contributed by atoms with van der Waals surface area (Å²) in [5, 5.41) is 9.87. The average molecular weight is 259 g/mol. The molecule has 2 aliphatic rings. The number of aromatic hydroxyl groups is 1. The summed E-state index contributed by atoms with van der Waals surface area (Å²) in [6.45, 7) is 3.47. The van der Waals surface area contributed by atoms with Crippen molar-refractivity contribution in [2.24, 2.45) is 0 Å². The molecule has 1 aliphatic carbocycles. The Hall–Kier alpha value is -1.02. The summed E-state index contributed by atoms with van der Waals surface area (Å²) in [6, 6.07) is 6.75. The molecule has 0 saturated carbocycles. The van der Waals surface area contributed by atoms with E-state index in [1.807, 2.05) is 12.1 Å². The van der Waals surface area contributed by atoms with Crippen LogP contribution in [-0.2, 0) is 11.8 Å². The van der Waals surface area contributed by atoms with E-state index in [1.54, 1.807) is 0 Å². The van der Waals surface area contributed by atoms with Crippen LogP contribution in [-0.4, -0.2) is 29.6 Å². The van der Waals surface area contributed by atoms with Crippen molar-refractivity contribution >= 4 is 0 Å². The monoisotopic (exact) mass is 259 g/mol. The normalized spacial score (nSPS) is 30.1. The molecule has 1 aromatic carbocycles. The third-order valence-electron chi connectivity index (χ3n) is 5.32. The van der Waals surface area contributed by atoms with Crippen molar-refractivity contribution in [3.8, 4) is 5.75 Å². The van der Waals surface area contributed by atoms with Gasteiger partial charge >= 0.3 is 0 Å². The maximum Gasteiger partial charge on any atom is 0.115 e. The Bertz CT molecular complexity index is 466. The molecule has 1 N–H and O–H groups in total. The average Bonchev–Trinajstić information content (AvgIpc) is 2.42. The van der Waals surface area contributed by atoms with Gasteiger partial charge < -0.3 is 10.0 Å². The van der Waals surface area contributed by atoms with Crippen LogP contribution in [0.2, 0.25) is 0 Å². The summed E-state index contributed by atoms with van der Waals surface area (Å²) in [5.41, 5.74) is 3.25. The first-order valence-electron chi connectivity index (χ1n) is 7.67. The van der Waals surface area contributed by atoms with Crippen molar-refractivity contribution in [3.63, 3.8) is 0 Å². The van der Waals surface area contributed by atoms with E-state index in [4.69, 9.17) is 0 Å². The Labute approximate surface area is 116 Å². The Morgan fingerprint density at radius 3 is 3.05 bits per heavy atom. The third kappa shape index (κ3) is 2.16. The number of phenolic OH excluding ortho intramolecular Hbond substituents is 1. The highest BCUT2D eigenvalue weighted by Gasteiger charge is 2.44. The van der Waals surface area contributed by atoms with Crippen molar-refractivity contribution < 1.29 is 5.11 Å². The molecule has 3 rings (SSSR count). The van der Waals surface area contributed by atoms with Gasteiger partial charge in [-0.2, -0.15) is 0 Å². The summed E-state index contributed by atoms with van der Waals surface area (Å²) < 4.78 is 0. The number of nitrogens with zero attached hydrogens (tertiary/aromatic N) is 1. The molecule has 1 aromatic rings. The number of hydrogen-bond donors (Lipinski definition) is 1. The lowest BCUT2D eigenvalue weighted by atomic mass is 9.62. The fraction of sp³-hybridized carbons (Fsp3) is 0.647. The van der Waals surface area contributed by atoms with Crippen LogP contribution in [0, 0.1) is 0 Å². The molecule has 1 unspecified atom stereocenters. The standard InChI is InChI=1S/C17H25NO/c1-3-4-7-17-8-9-18(2)14(12-17)10-13-5-6-15(19)11-16(13)17/h5-6,11,14,19H,3-4,7-10,12H2,1-2H3/t14?,17-/m0/s1. The molecule has 0 spiro atoms. The molecule has 0 radical (unpaired) electrons. The molecule has 0 aromatic heterocycles. The van der Waals surface area contributed by atoms with E-state index in [1.165, 1.54) is 49.8 Å². The highest BCUT2D eigenvalue weighted by Crippen LogP contribution is 2.48. The number of hydrogen-bond acceptors (Lipinski definition) is 2. The van der Waals surface area contributed by atoms with E-state index in [2.05, 4.69) is 24.9 Å². The smallest absolute Gasteiger partial charge is 0.115 e. The minimum Gasteiger partial charge on any atom is -0.508 e. The van der Waals surface area contributed by atoms with Gasteiger partial charge in [-0.25, -0.2) is 0 Å². The van der Waals surface area contributed by atoms with Crippen LogP contribution in [0.15, 0.2) is 18.2 Å². The van der Waals surface area contributed by atoms with E-state index >= 15 is 0 Å². The highest BCUT2D eigenvalue weighted by molar-refractivity contribution is 5.43. The van der Waals surface area contributed by atoms with Crippen molar-refractivity contribution in [1.82, 2.24) is 4.90 Å². The number of phenols is 1. The summed E-state index contributed by atoms with van der Waals surface area (Å²) >= 11 is 0. The SMILES string of the molecule is CCCC[C@@]12CCN(C)C(Cc3ccc(O)cc31)C2. The first-order chi connectivity index (χ1) is 9.14. The first kappa shape index (κ1) is 13.0. The fourth-order valence-corrected chi connectivity index (χ4v) is 4.12. The van der Waals surface area contributed by atoms with Gasteiger partial charge in [0.2, 0.25) is 0 Å². The van der Waals surface area contributed by atoms with Gasteiger partial charge in [-0.3, -0.25) is 0 Å². The number of piperidine rings is 1.